The molecule has 1 aromatic carbocycles. The molecule has 0 spiro atoms. The maximum atomic E-state index is 13.0. The molecule has 0 heterocycles. The van der Waals surface area contributed by atoms with Crippen LogP contribution in [-0.2, 0) is 0 Å². The van der Waals surface area contributed by atoms with E-state index in [-0.39, 0.29) is 6.07 Å². The summed E-state index contributed by atoms with van der Waals surface area (Å²) in [6.45, 7) is 5.04. The number of halogens is 4. The summed E-state index contributed by atoms with van der Waals surface area (Å²) in [4.78, 5) is 0. The first-order valence-electron chi connectivity index (χ1n) is 4.10. The summed E-state index contributed by atoms with van der Waals surface area (Å²) in [5.41, 5.74) is -0.228. The summed E-state index contributed by atoms with van der Waals surface area (Å²) in [5.74, 6) is -5.66. The van der Waals surface area contributed by atoms with Crippen molar-refractivity contribution >= 4 is 6.08 Å². The van der Waals surface area contributed by atoms with E-state index in [1.54, 1.807) is 6.92 Å². The van der Waals surface area contributed by atoms with Gasteiger partial charge in [-0.15, -0.1) is 0 Å². The van der Waals surface area contributed by atoms with Gasteiger partial charge in [0.05, 0.1) is 5.56 Å². The third-order valence-corrected chi connectivity index (χ3v) is 1.68. The van der Waals surface area contributed by atoms with E-state index in [9.17, 15) is 17.6 Å². The van der Waals surface area contributed by atoms with Crippen molar-refractivity contribution < 1.29 is 17.6 Å². The first kappa shape index (κ1) is 11.5. The summed E-state index contributed by atoms with van der Waals surface area (Å²) in [6, 6.07) is 0.169. The molecule has 1 aromatic rings. The molecule has 0 aliphatic carbocycles. The van der Waals surface area contributed by atoms with Crippen molar-refractivity contribution in [2.24, 2.45) is 0 Å². The van der Waals surface area contributed by atoms with Crippen molar-refractivity contribution in [3.05, 3.63) is 53.1 Å². The molecule has 15 heavy (non-hydrogen) atoms. The van der Waals surface area contributed by atoms with Crippen LogP contribution in [0.4, 0.5) is 17.6 Å². The molecule has 0 aromatic heterocycles. The zero-order valence-electron chi connectivity index (χ0n) is 7.95. The second-order valence-electron chi connectivity index (χ2n) is 3.06. The number of hydrogen-bond donors (Lipinski definition) is 0. The van der Waals surface area contributed by atoms with Gasteiger partial charge in [0.25, 0.3) is 0 Å². The topological polar surface area (TPSA) is 0 Å². The van der Waals surface area contributed by atoms with E-state index < -0.39 is 28.8 Å². The van der Waals surface area contributed by atoms with Crippen molar-refractivity contribution in [3.8, 4) is 0 Å². The minimum Gasteiger partial charge on any atom is -0.204 e. The van der Waals surface area contributed by atoms with Crippen LogP contribution in [0.25, 0.3) is 6.08 Å². The van der Waals surface area contributed by atoms with E-state index in [4.69, 9.17) is 0 Å². The third kappa shape index (κ3) is 2.46. The van der Waals surface area contributed by atoms with Crippen molar-refractivity contribution in [2.45, 2.75) is 6.92 Å². The molecular weight excluding hydrogens is 208 g/mol. The molecule has 0 nitrogen and oxygen atoms in total. The van der Waals surface area contributed by atoms with Gasteiger partial charge in [-0.1, -0.05) is 18.2 Å². The largest absolute Gasteiger partial charge is 0.204 e. The Morgan fingerprint density at radius 1 is 1.13 bits per heavy atom. The fraction of sp³-hybridized carbons (Fsp3) is 0.0909. The molecule has 80 valence electrons. The van der Waals surface area contributed by atoms with Crippen LogP contribution in [0.1, 0.15) is 12.5 Å². The summed E-state index contributed by atoms with van der Waals surface area (Å²) in [7, 11) is 0. The molecular formula is C11H8F4. The highest BCUT2D eigenvalue weighted by atomic mass is 19.2. The number of allylic oxidation sites excluding steroid dienone is 2. The smallest absolute Gasteiger partial charge is 0.169 e. The fourth-order valence-electron chi connectivity index (χ4n) is 0.964. The van der Waals surface area contributed by atoms with Gasteiger partial charge in [0.15, 0.2) is 23.3 Å². The van der Waals surface area contributed by atoms with Crippen LogP contribution in [0.2, 0.25) is 0 Å². The summed E-state index contributed by atoms with van der Waals surface area (Å²) in [6.07, 6.45) is 2.21. The highest BCUT2D eigenvalue weighted by Gasteiger charge is 2.16. The molecule has 0 bridgehead atoms. The first-order valence-corrected chi connectivity index (χ1v) is 4.10. The van der Waals surface area contributed by atoms with Gasteiger partial charge in [0.2, 0.25) is 0 Å². The molecule has 1 rings (SSSR count). The Hall–Kier alpha value is -1.58. The molecule has 0 saturated carbocycles. The average Bonchev–Trinajstić information content (AvgIpc) is 2.14. The Morgan fingerprint density at radius 2 is 1.60 bits per heavy atom. The van der Waals surface area contributed by atoms with Crippen LogP contribution < -0.4 is 0 Å². The Labute approximate surface area is 84.5 Å². The zero-order chi connectivity index (χ0) is 11.6. The van der Waals surface area contributed by atoms with Gasteiger partial charge in [-0.05, 0) is 13.0 Å². The molecule has 0 aliphatic heterocycles. The average molecular weight is 216 g/mol. The Kier molecular flexibility index (Phi) is 3.29. The highest BCUT2D eigenvalue weighted by molar-refractivity contribution is 5.54. The normalized spacial score (nSPS) is 11.0. The molecule has 0 amide bonds. The highest BCUT2D eigenvalue weighted by Crippen LogP contribution is 2.20. The summed E-state index contributed by atoms with van der Waals surface area (Å²) >= 11 is 0. The molecule has 0 N–H and O–H groups in total. The van der Waals surface area contributed by atoms with E-state index >= 15 is 0 Å². The lowest BCUT2D eigenvalue weighted by molar-refractivity contribution is 0.451. The van der Waals surface area contributed by atoms with Crippen molar-refractivity contribution in [2.75, 3.05) is 0 Å². The Bertz CT molecular complexity index is 406. The van der Waals surface area contributed by atoms with Crippen molar-refractivity contribution in [1.29, 1.82) is 0 Å². The van der Waals surface area contributed by atoms with Crippen LogP contribution >= 0.6 is 0 Å². The van der Waals surface area contributed by atoms with Gasteiger partial charge >= 0.3 is 0 Å². The molecule has 0 fully saturated rings. The van der Waals surface area contributed by atoms with Crippen LogP contribution in [-0.4, -0.2) is 0 Å². The Balaban J connectivity index is 3.33. The maximum Gasteiger partial charge on any atom is 0.169 e. The molecule has 4 heteroatoms. The molecule has 0 aliphatic rings. The van der Waals surface area contributed by atoms with Gasteiger partial charge in [-0.25, -0.2) is 17.6 Å². The number of rotatable bonds is 2. The zero-order valence-corrected chi connectivity index (χ0v) is 7.95. The molecule has 0 saturated heterocycles. The lowest BCUT2D eigenvalue weighted by Crippen LogP contribution is -1.97. The Morgan fingerprint density at radius 3 is 2.00 bits per heavy atom. The summed E-state index contributed by atoms with van der Waals surface area (Å²) in [5, 5.41) is 0. The molecule has 0 radical (unpaired) electrons. The van der Waals surface area contributed by atoms with Crippen LogP contribution in [0.3, 0.4) is 0 Å². The van der Waals surface area contributed by atoms with Gasteiger partial charge in [0.1, 0.15) is 0 Å². The summed E-state index contributed by atoms with van der Waals surface area (Å²) < 4.78 is 51.5. The quantitative estimate of drug-likeness (QED) is 0.400. The minimum atomic E-state index is -1.42. The van der Waals surface area contributed by atoms with Crippen molar-refractivity contribution in [1.82, 2.24) is 0 Å². The third-order valence-electron chi connectivity index (χ3n) is 1.68. The minimum absolute atomic E-state index is 0.169. The second kappa shape index (κ2) is 4.29. The van der Waals surface area contributed by atoms with E-state index in [1.165, 1.54) is 6.08 Å². The second-order valence-corrected chi connectivity index (χ2v) is 3.06. The first-order chi connectivity index (χ1) is 6.93. The van der Waals surface area contributed by atoms with Gasteiger partial charge in [-0.2, -0.15) is 0 Å². The standard InChI is InChI=1S/C11H8F4/c1-6(2)3-4-7-10(14)8(12)5-9(13)11(7)15/h3-5H,1H2,2H3/b4-3+. The maximum absolute atomic E-state index is 13.0. The number of hydrogen-bond acceptors (Lipinski definition) is 0. The number of benzene rings is 1. The van der Waals surface area contributed by atoms with Crippen LogP contribution in [0.5, 0.6) is 0 Å². The molecule has 0 atom stereocenters. The SMILES string of the molecule is C=C(C)/C=C/c1c(F)c(F)cc(F)c1F. The predicted molar refractivity (Wildman–Crippen MR) is 50.1 cm³/mol. The van der Waals surface area contributed by atoms with Gasteiger partial charge in [0, 0.05) is 6.07 Å². The van der Waals surface area contributed by atoms with E-state index in [0.717, 1.165) is 6.08 Å². The predicted octanol–water partition coefficient (Wildman–Crippen LogP) is 3.83. The van der Waals surface area contributed by atoms with E-state index in [2.05, 4.69) is 6.58 Å². The lowest BCUT2D eigenvalue weighted by atomic mass is 10.1. The fourth-order valence-corrected chi connectivity index (χ4v) is 0.964. The van der Waals surface area contributed by atoms with Crippen LogP contribution in [0, 0.1) is 23.3 Å². The van der Waals surface area contributed by atoms with E-state index in [0.29, 0.717) is 5.57 Å². The van der Waals surface area contributed by atoms with Crippen molar-refractivity contribution in [3.63, 3.8) is 0 Å². The van der Waals surface area contributed by atoms with Crippen LogP contribution in [0.15, 0.2) is 24.3 Å². The monoisotopic (exact) mass is 216 g/mol. The van der Waals surface area contributed by atoms with Gasteiger partial charge < -0.3 is 0 Å². The lowest BCUT2D eigenvalue weighted by Gasteiger charge is -2.01. The molecule has 0 unspecified atom stereocenters. The van der Waals surface area contributed by atoms with Gasteiger partial charge in [-0.3, -0.25) is 0 Å². The van der Waals surface area contributed by atoms with E-state index in [1.807, 2.05) is 0 Å².